The Morgan fingerprint density at radius 2 is 1.33 bits per heavy atom. The lowest BCUT2D eigenvalue weighted by Crippen LogP contribution is -3.00. The van der Waals surface area contributed by atoms with Crippen molar-refractivity contribution in [1.29, 1.82) is 0 Å². The first-order valence-electron chi connectivity index (χ1n) is 3.47. The van der Waals surface area contributed by atoms with Crippen LogP contribution in [0.2, 0.25) is 0 Å². The topological polar surface area (TPSA) is 58.9 Å². The Labute approximate surface area is 71.0 Å². The van der Waals surface area contributed by atoms with Crippen molar-refractivity contribution < 1.29 is 29.4 Å². The smallest absolute Gasteiger partial charge is 0.133 e. The van der Waals surface area contributed by atoms with E-state index in [1.807, 2.05) is 0 Å². The van der Waals surface area contributed by atoms with Gasteiger partial charge in [-0.25, -0.2) is 0 Å². The molecule has 0 fully saturated rings. The summed E-state index contributed by atoms with van der Waals surface area (Å²) >= 11 is 0. The fraction of sp³-hybridized carbons (Fsp3) is 1.00. The number of aliphatic hydroxyl groups excluding tert-OH is 2. The van der Waals surface area contributed by atoms with E-state index in [0.29, 0.717) is 0 Å². The number of hydroxylamine groups is 4. The third-order valence-electron chi connectivity index (χ3n) is 0.987. The molecule has 0 saturated heterocycles. The lowest BCUT2D eigenvalue weighted by molar-refractivity contribution is -1.22. The molecule has 0 amide bonds. The summed E-state index contributed by atoms with van der Waals surface area (Å²) in [5, 5.41) is 16.8. The lowest BCUT2D eigenvalue weighted by Gasteiger charge is -2.23. The quantitative estimate of drug-likeness (QED) is 0.326. The van der Waals surface area contributed by atoms with E-state index >= 15 is 0 Å². The molecule has 2 N–H and O–H groups in total. The molecule has 0 bridgehead atoms. The largest absolute Gasteiger partial charge is 1.00 e. The van der Waals surface area contributed by atoms with Crippen LogP contribution in [0, 0.1) is 0 Å². The van der Waals surface area contributed by atoms with Gasteiger partial charge in [0.25, 0.3) is 0 Å². The van der Waals surface area contributed by atoms with Gasteiger partial charge in [-0.15, -0.1) is 0 Å². The van der Waals surface area contributed by atoms with Gasteiger partial charge in [-0.2, -0.15) is 9.68 Å². The van der Waals surface area contributed by atoms with E-state index in [2.05, 4.69) is 0 Å². The van der Waals surface area contributed by atoms with Crippen LogP contribution in [0.15, 0.2) is 0 Å². The molecule has 0 aliphatic carbocycles. The first-order valence-corrected chi connectivity index (χ1v) is 3.47. The van der Waals surface area contributed by atoms with Crippen molar-refractivity contribution in [3.05, 3.63) is 0 Å². The average Bonchev–Trinajstić information content (AvgIpc) is 1.97. The van der Waals surface area contributed by atoms with Gasteiger partial charge >= 0.3 is 0 Å². The Morgan fingerprint density at radius 1 is 1.00 bits per heavy atom. The van der Waals surface area contributed by atoms with Gasteiger partial charge in [0.1, 0.15) is 27.3 Å². The van der Waals surface area contributed by atoms with E-state index in [0.717, 1.165) is 0 Å². The normalized spacial score (nSPS) is 11.0. The third-order valence-corrected chi connectivity index (χ3v) is 0.987. The summed E-state index contributed by atoms with van der Waals surface area (Å²) in [6, 6.07) is 0. The fourth-order valence-corrected chi connectivity index (χ4v) is 0.559. The summed E-state index contributed by atoms with van der Waals surface area (Å²) in [7, 11) is 3.34. The number of aliphatic hydroxyl groups is 2. The molecule has 0 heterocycles. The molecular weight excluding hydrogens is 169 g/mol. The molecule has 0 atom stereocenters. The number of rotatable bonds is 6. The Kier molecular flexibility index (Phi) is 8.78. The van der Waals surface area contributed by atoms with Crippen LogP contribution in [0.25, 0.3) is 0 Å². The standard InChI is InChI=1S/C6H16NO4.FH/c1-7(2,10-5-3-8)11-6-4-9;/h8-9H,3-6H2,1-2H3;1H/q+1;/p-1. The Balaban J connectivity index is 0. The molecule has 0 spiro atoms. The molecule has 0 aliphatic rings. The number of hydrogen-bond donors (Lipinski definition) is 2. The van der Waals surface area contributed by atoms with Crippen LogP contribution >= 0.6 is 0 Å². The van der Waals surface area contributed by atoms with Gasteiger partial charge < -0.3 is 14.9 Å². The Hall–Kier alpha value is -0.270. The van der Waals surface area contributed by atoms with Gasteiger partial charge in [0.15, 0.2) is 0 Å². The minimum absolute atomic E-state index is 0. The minimum Gasteiger partial charge on any atom is -1.00 e. The van der Waals surface area contributed by atoms with Crippen LogP contribution in [-0.4, -0.2) is 55.5 Å². The third kappa shape index (κ3) is 7.83. The van der Waals surface area contributed by atoms with Gasteiger partial charge in [-0.3, -0.25) is 0 Å². The Morgan fingerprint density at radius 3 is 1.58 bits per heavy atom. The maximum absolute atomic E-state index is 8.42. The predicted molar refractivity (Wildman–Crippen MR) is 38.2 cm³/mol. The molecule has 12 heavy (non-hydrogen) atoms. The zero-order valence-electron chi connectivity index (χ0n) is 7.36. The lowest BCUT2D eigenvalue weighted by atomic mass is 10.8. The van der Waals surface area contributed by atoms with Crippen molar-refractivity contribution in [3.63, 3.8) is 0 Å². The summed E-state index contributed by atoms with van der Waals surface area (Å²) in [6.07, 6.45) is 0. The summed E-state index contributed by atoms with van der Waals surface area (Å²) in [4.78, 5) is 9.96. The summed E-state index contributed by atoms with van der Waals surface area (Å²) < 4.78 is 0. The molecule has 0 aromatic rings. The molecule has 0 aromatic heterocycles. The summed E-state index contributed by atoms with van der Waals surface area (Å²) in [6.45, 7) is 0.366. The van der Waals surface area contributed by atoms with Crippen molar-refractivity contribution >= 4 is 0 Å². The zero-order valence-corrected chi connectivity index (χ0v) is 7.36. The van der Waals surface area contributed by atoms with E-state index in [-0.39, 0.29) is 35.9 Å². The molecule has 0 saturated carbocycles. The second-order valence-electron chi connectivity index (χ2n) is 2.37. The first kappa shape index (κ1) is 14.3. The van der Waals surface area contributed by atoms with E-state index in [1.54, 1.807) is 14.1 Å². The predicted octanol–water partition coefficient (Wildman–Crippen LogP) is -4.09. The van der Waals surface area contributed by atoms with Crippen molar-refractivity contribution in [1.82, 2.24) is 0 Å². The van der Waals surface area contributed by atoms with Crippen LogP contribution in [0.3, 0.4) is 0 Å². The second kappa shape index (κ2) is 7.38. The maximum atomic E-state index is 8.42. The van der Waals surface area contributed by atoms with Crippen molar-refractivity contribution in [2.75, 3.05) is 40.5 Å². The highest BCUT2D eigenvalue weighted by molar-refractivity contribution is 4.14. The number of halogens is 1. The number of nitrogens with zero attached hydrogens (tertiary/aromatic N) is 1. The van der Waals surface area contributed by atoms with E-state index in [1.165, 1.54) is 0 Å². The van der Waals surface area contributed by atoms with Crippen LogP contribution in [-0.2, 0) is 9.68 Å². The highest BCUT2D eigenvalue weighted by Gasteiger charge is 2.17. The molecule has 0 rings (SSSR count). The summed E-state index contributed by atoms with van der Waals surface area (Å²) in [5.74, 6) is 0. The average molecular weight is 185 g/mol. The molecule has 0 aromatic carbocycles. The van der Waals surface area contributed by atoms with Crippen molar-refractivity contribution in [2.45, 2.75) is 0 Å². The fourth-order valence-electron chi connectivity index (χ4n) is 0.559. The molecule has 5 nitrogen and oxygen atoms in total. The van der Waals surface area contributed by atoms with Gasteiger partial charge in [0.05, 0.1) is 13.2 Å². The summed E-state index contributed by atoms with van der Waals surface area (Å²) in [5.41, 5.74) is 0. The molecule has 0 unspecified atom stereocenters. The first-order chi connectivity index (χ1) is 5.12. The minimum atomic E-state index is -0.110. The van der Waals surface area contributed by atoms with E-state index in [9.17, 15) is 0 Å². The monoisotopic (exact) mass is 185 g/mol. The van der Waals surface area contributed by atoms with Crippen LogP contribution in [0.4, 0.5) is 0 Å². The van der Waals surface area contributed by atoms with Crippen LogP contribution in [0.5, 0.6) is 0 Å². The molecule has 76 valence electrons. The highest BCUT2D eigenvalue weighted by atomic mass is 19.0. The highest BCUT2D eigenvalue weighted by Crippen LogP contribution is 1.98. The molecular formula is C6H16FNO4. The van der Waals surface area contributed by atoms with Gasteiger partial charge in [0.2, 0.25) is 0 Å². The van der Waals surface area contributed by atoms with Gasteiger partial charge in [-0.05, 0) is 4.81 Å². The van der Waals surface area contributed by atoms with Gasteiger partial charge in [-0.1, -0.05) is 0 Å². The zero-order chi connectivity index (χ0) is 8.74. The van der Waals surface area contributed by atoms with E-state index < -0.39 is 0 Å². The number of hydrogen-bond acceptors (Lipinski definition) is 4. The van der Waals surface area contributed by atoms with Gasteiger partial charge in [0, 0.05) is 0 Å². The number of quaternary nitrogens is 1. The second-order valence-corrected chi connectivity index (χ2v) is 2.37. The van der Waals surface area contributed by atoms with Crippen LogP contribution < -0.4 is 4.70 Å². The van der Waals surface area contributed by atoms with Crippen LogP contribution in [0.1, 0.15) is 0 Å². The SMILES string of the molecule is C[N+](C)(OCCO)OCCO.[F-]. The van der Waals surface area contributed by atoms with Crippen molar-refractivity contribution in [2.24, 2.45) is 0 Å². The maximum Gasteiger partial charge on any atom is 0.133 e. The van der Waals surface area contributed by atoms with E-state index in [4.69, 9.17) is 19.9 Å². The molecule has 6 heteroatoms. The molecule has 0 radical (unpaired) electrons. The van der Waals surface area contributed by atoms with Crippen molar-refractivity contribution in [3.8, 4) is 0 Å². The molecule has 0 aliphatic heterocycles. The Bertz CT molecular complexity index is 91.5.